The van der Waals surface area contributed by atoms with Gasteiger partial charge in [-0.1, -0.05) is 26.0 Å². The van der Waals surface area contributed by atoms with Gasteiger partial charge in [0.05, 0.1) is 11.7 Å². The number of nitrogens with one attached hydrogen (secondary N) is 1. The minimum absolute atomic E-state index is 0.224. The molecule has 2 aromatic heterocycles. The van der Waals surface area contributed by atoms with Gasteiger partial charge in [0, 0.05) is 42.2 Å². The first kappa shape index (κ1) is 23.0. The first-order chi connectivity index (χ1) is 16.0. The van der Waals surface area contributed by atoms with Gasteiger partial charge in [0.1, 0.15) is 11.6 Å². The molecule has 172 valence electrons. The molecule has 0 unspecified atom stereocenters. The van der Waals surface area contributed by atoms with Crippen LogP contribution in [0.3, 0.4) is 0 Å². The molecular weight excluding hydrogens is 417 g/mol. The summed E-state index contributed by atoms with van der Waals surface area (Å²) >= 11 is 0. The lowest BCUT2D eigenvalue weighted by atomic mass is 9.87. The van der Waals surface area contributed by atoms with Crippen LogP contribution in [0.2, 0.25) is 0 Å². The van der Waals surface area contributed by atoms with Crippen molar-refractivity contribution in [2.24, 2.45) is 5.92 Å². The van der Waals surface area contributed by atoms with Crippen LogP contribution in [0.15, 0.2) is 61.1 Å². The van der Waals surface area contributed by atoms with Gasteiger partial charge < -0.3 is 5.32 Å². The van der Waals surface area contributed by atoms with E-state index in [-0.39, 0.29) is 17.9 Å². The molecule has 1 atom stereocenters. The highest BCUT2D eigenvalue weighted by Crippen LogP contribution is 2.31. The number of carbonyl (C=O) groups is 1. The van der Waals surface area contributed by atoms with Crippen molar-refractivity contribution < 1.29 is 9.18 Å². The SMILES string of the molecule is CC(C)c1ncc(CN2CCC([C@H](NC(=O)c3cccc(F)c3)c3ccccn3)CC2)cn1. The molecule has 4 rings (SSSR count). The Kier molecular flexibility index (Phi) is 7.40. The summed E-state index contributed by atoms with van der Waals surface area (Å²) in [6.07, 6.45) is 7.44. The van der Waals surface area contributed by atoms with Crippen molar-refractivity contribution in [2.45, 2.75) is 45.2 Å². The Hall–Kier alpha value is -3.19. The standard InChI is InChI=1S/C26H30FN5O/c1-18(2)25-29-15-19(16-30-25)17-32-12-9-20(10-13-32)24(23-8-3-4-11-28-23)31-26(33)21-6-5-7-22(27)14-21/h3-8,11,14-16,18,20,24H,9-10,12-13,17H2,1-2H3,(H,31,33)/t24-/m0/s1. The lowest BCUT2D eigenvalue weighted by molar-refractivity contribution is 0.0888. The van der Waals surface area contributed by atoms with Crippen molar-refractivity contribution in [2.75, 3.05) is 13.1 Å². The number of piperidine rings is 1. The Morgan fingerprint density at radius 2 is 1.85 bits per heavy atom. The Bertz CT molecular complexity index is 1050. The van der Waals surface area contributed by atoms with Gasteiger partial charge in [-0.05, 0) is 62.2 Å². The molecule has 1 aliphatic rings. The molecule has 0 radical (unpaired) electrons. The summed E-state index contributed by atoms with van der Waals surface area (Å²) in [5.74, 6) is 0.726. The Morgan fingerprint density at radius 3 is 2.48 bits per heavy atom. The van der Waals surface area contributed by atoms with E-state index >= 15 is 0 Å². The summed E-state index contributed by atoms with van der Waals surface area (Å²) in [6.45, 7) is 6.82. The van der Waals surface area contributed by atoms with Crippen LogP contribution >= 0.6 is 0 Å². The van der Waals surface area contributed by atoms with Gasteiger partial charge in [-0.2, -0.15) is 0 Å². The van der Waals surface area contributed by atoms with E-state index in [0.29, 0.717) is 11.5 Å². The van der Waals surface area contributed by atoms with Crippen molar-refractivity contribution in [3.05, 3.63) is 89.5 Å². The van der Waals surface area contributed by atoms with Crippen molar-refractivity contribution in [3.63, 3.8) is 0 Å². The van der Waals surface area contributed by atoms with Crippen LogP contribution in [0.4, 0.5) is 4.39 Å². The van der Waals surface area contributed by atoms with Crippen LogP contribution in [0.1, 0.15) is 66.1 Å². The van der Waals surface area contributed by atoms with E-state index < -0.39 is 5.82 Å². The van der Waals surface area contributed by atoms with Gasteiger partial charge in [-0.3, -0.25) is 14.7 Å². The first-order valence-electron chi connectivity index (χ1n) is 11.5. The fraction of sp³-hybridized carbons (Fsp3) is 0.385. The number of rotatable bonds is 7. The summed E-state index contributed by atoms with van der Waals surface area (Å²) < 4.78 is 13.6. The number of halogens is 1. The lowest BCUT2D eigenvalue weighted by Gasteiger charge is -2.36. The van der Waals surface area contributed by atoms with Gasteiger partial charge >= 0.3 is 0 Å². The van der Waals surface area contributed by atoms with Crippen LogP contribution in [-0.4, -0.2) is 38.8 Å². The van der Waals surface area contributed by atoms with Gasteiger partial charge in [-0.15, -0.1) is 0 Å². The van der Waals surface area contributed by atoms with E-state index in [4.69, 9.17) is 0 Å². The number of likely N-dealkylation sites (tertiary alicyclic amines) is 1. The van der Waals surface area contributed by atoms with Gasteiger partial charge in [0.25, 0.3) is 5.91 Å². The topological polar surface area (TPSA) is 71.0 Å². The second-order valence-electron chi connectivity index (χ2n) is 8.93. The van der Waals surface area contributed by atoms with Crippen LogP contribution in [0, 0.1) is 11.7 Å². The van der Waals surface area contributed by atoms with Crippen molar-refractivity contribution in [1.82, 2.24) is 25.2 Å². The fourth-order valence-corrected chi connectivity index (χ4v) is 4.29. The Balaban J connectivity index is 1.41. The third kappa shape index (κ3) is 5.99. The van der Waals surface area contributed by atoms with Crippen LogP contribution in [0.5, 0.6) is 0 Å². The molecule has 1 aliphatic heterocycles. The maximum Gasteiger partial charge on any atom is 0.251 e. The van der Waals surface area contributed by atoms with Gasteiger partial charge in [0.15, 0.2) is 0 Å². The number of amides is 1. The predicted molar refractivity (Wildman–Crippen MR) is 125 cm³/mol. The second-order valence-corrected chi connectivity index (χ2v) is 8.93. The van der Waals surface area contributed by atoms with E-state index in [2.05, 4.69) is 39.0 Å². The average molecular weight is 448 g/mol. The zero-order chi connectivity index (χ0) is 23.2. The molecule has 0 aliphatic carbocycles. The minimum atomic E-state index is -0.421. The molecule has 0 bridgehead atoms. The highest BCUT2D eigenvalue weighted by Gasteiger charge is 2.30. The first-order valence-corrected chi connectivity index (χ1v) is 11.5. The molecule has 1 aromatic carbocycles. The van der Waals surface area contributed by atoms with Crippen LogP contribution in [-0.2, 0) is 6.54 Å². The number of benzene rings is 1. The zero-order valence-electron chi connectivity index (χ0n) is 19.1. The molecule has 0 spiro atoms. The van der Waals surface area contributed by atoms with E-state index in [1.165, 1.54) is 12.1 Å². The Labute approximate surface area is 194 Å². The molecule has 1 N–H and O–H groups in total. The third-order valence-corrected chi connectivity index (χ3v) is 6.13. The highest BCUT2D eigenvalue weighted by atomic mass is 19.1. The van der Waals surface area contributed by atoms with E-state index in [1.54, 1.807) is 18.3 Å². The van der Waals surface area contributed by atoms with Gasteiger partial charge in [0.2, 0.25) is 0 Å². The largest absolute Gasteiger partial charge is 0.343 e. The maximum absolute atomic E-state index is 13.6. The number of nitrogens with zero attached hydrogens (tertiary/aromatic N) is 4. The lowest BCUT2D eigenvalue weighted by Crippen LogP contribution is -2.41. The summed E-state index contributed by atoms with van der Waals surface area (Å²) in [4.78, 5) is 28.7. The molecular formula is C26H30FN5O. The van der Waals surface area contributed by atoms with Crippen LogP contribution in [0.25, 0.3) is 0 Å². The second kappa shape index (κ2) is 10.6. The molecule has 0 saturated carbocycles. The van der Waals surface area contributed by atoms with Crippen LogP contribution < -0.4 is 5.32 Å². The predicted octanol–water partition coefficient (Wildman–Crippen LogP) is 4.52. The fourth-order valence-electron chi connectivity index (χ4n) is 4.29. The summed E-state index contributed by atoms with van der Waals surface area (Å²) in [7, 11) is 0. The minimum Gasteiger partial charge on any atom is -0.343 e. The number of aromatic nitrogens is 3. The smallest absolute Gasteiger partial charge is 0.251 e. The van der Waals surface area contributed by atoms with Crippen molar-refractivity contribution in [1.29, 1.82) is 0 Å². The molecule has 33 heavy (non-hydrogen) atoms. The molecule has 3 aromatic rings. The number of pyridine rings is 1. The summed E-state index contributed by atoms with van der Waals surface area (Å²) in [6, 6.07) is 11.3. The molecule has 6 nitrogen and oxygen atoms in total. The zero-order valence-corrected chi connectivity index (χ0v) is 19.1. The normalized spacial score (nSPS) is 16.0. The number of carbonyl (C=O) groups excluding carboxylic acids is 1. The molecule has 1 fully saturated rings. The quantitative estimate of drug-likeness (QED) is 0.577. The third-order valence-electron chi connectivity index (χ3n) is 6.13. The molecule has 1 saturated heterocycles. The summed E-state index contributed by atoms with van der Waals surface area (Å²) in [5, 5.41) is 3.12. The molecule has 7 heteroatoms. The van der Waals surface area contributed by atoms with E-state index in [9.17, 15) is 9.18 Å². The number of hydrogen-bond donors (Lipinski definition) is 1. The maximum atomic E-state index is 13.6. The molecule has 3 heterocycles. The van der Waals surface area contributed by atoms with E-state index in [0.717, 1.165) is 49.6 Å². The molecule has 1 amide bonds. The highest BCUT2D eigenvalue weighted by molar-refractivity contribution is 5.94. The van der Waals surface area contributed by atoms with E-state index in [1.807, 2.05) is 30.6 Å². The van der Waals surface area contributed by atoms with Gasteiger partial charge in [-0.25, -0.2) is 14.4 Å². The Morgan fingerprint density at radius 1 is 1.09 bits per heavy atom. The summed E-state index contributed by atoms with van der Waals surface area (Å²) in [5.41, 5.74) is 2.26. The monoisotopic (exact) mass is 447 g/mol. The number of hydrogen-bond acceptors (Lipinski definition) is 5. The van der Waals surface area contributed by atoms with Crippen molar-refractivity contribution in [3.8, 4) is 0 Å². The van der Waals surface area contributed by atoms with Crippen molar-refractivity contribution >= 4 is 5.91 Å². The average Bonchev–Trinajstić information content (AvgIpc) is 2.84.